The summed E-state index contributed by atoms with van der Waals surface area (Å²) in [5.41, 5.74) is 1.59. The Morgan fingerprint density at radius 3 is 2.78 bits per heavy atom. The molecule has 0 saturated carbocycles. The number of ether oxygens (including phenoxy) is 2. The molecule has 0 radical (unpaired) electrons. The minimum atomic E-state index is -0.461. The highest BCUT2D eigenvalue weighted by Crippen LogP contribution is 2.30. The summed E-state index contributed by atoms with van der Waals surface area (Å²) < 4.78 is 11.0. The molecule has 142 valence electrons. The number of carbonyl (C=O) groups excluding carboxylic acids is 2. The first-order chi connectivity index (χ1) is 13.0. The number of aromatic amines is 1. The van der Waals surface area contributed by atoms with Crippen LogP contribution in [0.3, 0.4) is 0 Å². The third-order valence-corrected chi connectivity index (χ3v) is 5.25. The van der Waals surface area contributed by atoms with Gasteiger partial charge in [0.25, 0.3) is 5.91 Å². The van der Waals surface area contributed by atoms with E-state index < -0.39 is 5.60 Å². The maximum absolute atomic E-state index is 12.9. The highest BCUT2D eigenvalue weighted by molar-refractivity contribution is 5.93. The molecular formula is C19H22N4O4. The number of nitrogens with zero attached hydrogens (tertiary/aromatic N) is 3. The molecule has 1 atom stereocenters. The quantitative estimate of drug-likeness (QED) is 0.876. The number of aromatic nitrogens is 2. The lowest BCUT2D eigenvalue weighted by Gasteiger charge is -2.38. The number of nitrogens with one attached hydrogen (secondary N) is 1. The van der Waals surface area contributed by atoms with Crippen molar-refractivity contribution < 1.29 is 19.1 Å². The van der Waals surface area contributed by atoms with Crippen LogP contribution < -0.4 is 4.74 Å². The van der Waals surface area contributed by atoms with Crippen molar-refractivity contribution in [2.75, 3.05) is 40.4 Å². The van der Waals surface area contributed by atoms with Crippen molar-refractivity contribution in [1.29, 1.82) is 0 Å². The number of rotatable bonds is 3. The second-order valence-corrected chi connectivity index (χ2v) is 7.09. The van der Waals surface area contributed by atoms with Gasteiger partial charge in [0.05, 0.1) is 25.9 Å². The average Bonchev–Trinajstić information content (AvgIpc) is 3.33. The van der Waals surface area contributed by atoms with Crippen LogP contribution in [0, 0.1) is 0 Å². The molecule has 3 heterocycles. The molecule has 4 rings (SSSR count). The van der Waals surface area contributed by atoms with Gasteiger partial charge in [-0.1, -0.05) is 0 Å². The topological polar surface area (TPSA) is 87.8 Å². The molecule has 1 spiro atoms. The van der Waals surface area contributed by atoms with Crippen molar-refractivity contribution in [2.45, 2.75) is 12.0 Å². The van der Waals surface area contributed by atoms with E-state index in [1.165, 1.54) is 0 Å². The summed E-state index contributed by atoms with van der Waals surface area (Å²) in [7, 11) is 3.39. The number of benzene rings is 1. The molecule has 27 heavy (non-hydrogen) atoms. The number of H-pyrrole nitrogens is 1. The molecule has 2 aromatic rings. The van der Waals surface area contributed by atoms with Gasteiger partial charge >= 0.3 is 0 Å². The van der Waals surface area contributed by atoms with E-state index in [2.05, 4.69) is 10.2 Å². The standard InChI is InChI=1S/C19H22N4O4/c1-22-11-19(27-10-17(22)24)7-8-23(12-19)18(25)16-9-15(20-21-16)13-3-5-14(26-2)6-4-13/h3-6,9H,7-8,10-12H2,1-2H3,(H,20,21)/t19-/m0/s1. The highest BCUT2D eigenvalue weighted by Gasteiger charge is 2.45. The maximum atomic E-state index is 12.9. The van der Waals surface area contributed by atoms with E-state index in [1.54, 1.807) is 30.0 Å². The molecule has 2 amide bonds. The molecular weight excluding hydrogens is 348 g/mol. The Labute approximate surface area is 157 Å². The van der Waals surface area contributed by atoms with Gasteiger partial charge in [0, 0.05) is 19.2 Å². The zero-order valence-corrected chi connectivity index (χ0v) is 15.4. The minimum Gasteiger partial charge on any atom is -0.497 e. The van der Waals surface area contributed by atoms with Crippen molar-refractivity contribution in [2.24, 2.45) is 0 Å². The van der Waals surface area contributed by atoms with Gasteiger partial charge < -0.3 is 19.3 Å². The fraction of sp³-hybridized carbons (Fsp3) is 0.421. The van der Waals surface area contributed by atoms with E-state index in [-0.39, 0.29) is 18.4 Å². The number of methoxy groups -OCH3 is 1. The molecule has 8 heteroatoms. The van der Waals surface area contributed by atoms with Crippen LogP contribution in [0.15, 0.2) is 30.3 Å². The molecule has 2 saturated heterocycles. The Morgan fingerprint density at radius 2 is 2.07 bits per heavy atom. The van der Waals surface area contributed by atoms with E-state index in [0.29, 0.717) is 31.0 Å². The van der Waals surface area contributed by atoms with Crippen LogP contribution in [-0.2, 0) is 9.53 Å². The Morgan fingerprint density at radius 1 is 1.30 bits per heavy atom. The first-order valence-electron chi connectivity index (χ1n) is 8.87. The van der Waals surface area contributed by atoms with E-state index in [4.69, 9.17) is 9.47 Å². The molecule has 8 nitrogen and oxygen atoms in total. The van der Waals surface area contributed by atoms with Gasteiger partial charge in [-0.05, 0) is 36.8 Å². The SMILES string of the molecule is COc1ccc(-c2cc(C(=O)N3CC[C@]4(CN(C)C(=O)CO4)C3)[nH]n2)cc1. The largest absolute Gasteiger partial charge is 0.497 e. The molecule has 2 aliphatic heterocycles. The first-order valence-corrected chi connectivity index (χ1v) is 8.87. The van der Waals surface area contributed by atoms with Crippen LogP contribution in [0.2, 0.25) is 0 Å². The van der Waals surface area contributed by atoms with Gasteiger partial charge in [-0.25, -0.2) is 0 Å². The van der Waals surface area contributed by atoms with Crippen molar-refractivity contribution >= 4 is 11.8 Å². The van der Waals surface area contributed by atoms with Crippen LogP contribution >= 0.6 is 0 Å². The second kappa shape index (κ2) is 6.70. The summed E-state index contributed by atoms with van der Waals surface area (Å²) in [6, 6.07) is 9.27. The van der Waals surface area contributed by atoms with E-state index in [9.17, 15) is 9.59 Å². The van der Waals surface area contributed by atoms with Gasteiger partial charge in [0.15, 0.2) is 0 Å². The zero-order valence-electron chi connectivity index (χ0n) is 15.4. The van der Waals surface area contributed by atoms with E-state index in [1.807, 2.05) is 24.3 Å². The predicted octanol–water partition coefficient (Wildman–Crippen LogP) is 1.16. The molecule has 2 aliphatic rings. The fourth-order valence-electron chi connectivity index (χ4n) is 3.67. The third-order valence-electron chi connectivity index (χ3n) is 5.25. The maximum Gasteiger partial charge on any atom is 0.271 e. The molecule has 1 aromatic carbocycles. The lowest BCUT2D eigenvalue weighted by molar-refractivity contribution is -0.158. The highest BCUT2D eigenvalue weighted by atomic mass is 16.5. The van der Waals surface area contributed by atoms with Gasteiger partial charge in [-0.2, -0.15) is 5.10 Å². The van der Waals surface area contributed by atoms with Crippen LogP contribution in [0.5, 0.6) is 5.75 Å². The number of hydrogen-bond acceptors (Lipinski definition) is 5. The van der Waals surface area contributed by atoms with Gasteiger partial charge in [-0.15, -0.1) is 0 Å². The van der Waals surface area contributed by atoms with Crippen molar-refractivity contribution in [3.8, 4) is 17.0 Å². The predicted molar refractivity (Wildman–Crippen MR) is 97.4 cm³/mol. The first kappa shape index (κ1) is 17.5. The number of amides is 2. The molecule has 1 N–H and O–H groups in total. The Hall–Kier alpha value is -2.87. The van der Waals surface area contributed by atoms with Gasteiger partial charge in [0.1, 0.15) is 23.7 Å². The number of hydrogen-bond donors (Lipinski definition) is 1. The number of likely N-dealkylation sites (tertiary alicyclic amines) is 1. The zero-order chi connectivity index (χ0) is 19.0. The number of morpholine rings is 1. The molecule has 0 unspecified atom stereocenters. The fourth-order valence-corrected chi connectivity index (χ4v) is 3.67. The lowest BCUT2D eigenvalue weighted by Crippen LogP contribution is -2.54. The van der Waals surface area contributed by atoms with Crippen molar-refractivity contribution in [3.05, 3.63) is 36.0 Å². The smallest absolute Gasteiger partial charge is 0.271 e. The van der Waals surface area contributed by atoms with E-state index >= 15 is 0 Å². The summed E-state index contributed by atoms with van der Waals surface area (Å²) in [5.74, 6) is 0.634. The molecule has 0 aliphatic carbocycles. The Balaban J connectivity index is 1.46. The van der Waals surface area contributed by atoms with Crippen molar-refractivity contribution in [1.82, 2.24) is 20.0 Å². The summed E-state index contributed by atoms with van der Waals surface area (Å²) in [5, 5.41) is 7.10. The second-order valence-electron chi connectivity index (χ2n) is 7.09. The van der Waals surface area contributed by atoms with Crippen LogP contribution in [0.4, 0.5) is 0 Å². The third kappa shape index (κ3) is 3.28. The molecule has 1 aromatic heterocycles. The Kier molecular flexibility index (Phi) is 4.35. The van der Waals surface area contributed by atoms with Crippen LogP contribution in [0.25, 0.3) is 11.3 Å². The minimum absolute atomic E-state index is 0.0249. The van der Waals surface area contributed by atoms with Gasteiger partial charge in [-0.3, -0.25) is 14.7 Å². The molecule has 0 bridgehead atoms. The summed E-state index contributed by atoms with van der Waals surface area (Å²) in [6.07, 6.45) is 0.718. The normalized spacial score (nSPS) is 22.5. The molecule has 2 fully saturated rings. The number of carbonyl (C=O) groups is 2. The van der Waals surface area contributed by atoms with Gasteiger partial charge in [0.2, 0.25) is 5.91 Å². The summed E-state index contributed by atoms with van der Waals surface area (Å²) in [6.45, 7) is 1.65. The van der Waals surface area contributed by atoms with Crippen LogP contribution in [-0.4, -0.2) is 77.8 Å². The average molecular weight is 370 g/mol. The monoisotopic (exact) mass is 370 g/mol. The van der Waals surface area contributed by atoms with E-state index in [0.717, 1.165) is 17.7 Å². The lowest BCUT2D eigenvalue weighted by atomic mass is 10.0. The van der Waals surface area contributed by atoms with Crippen molar-refractivity contribution in [3.63, 3.8) is 0 Å². The van der Waals surface area contributed by atoms with Crippen LogP contribution in [0.1, 0.15) is 16.9 Å². The Bertz CT molecular complexity index is 863. The summed E-state index contributed by atoms with van der Waals surface area (Å²) in [4.78, 5) is 27.9. The number of likely N-dealkylation sites (N-methyl/N-ethyl adjacent to an activating group) is 1. The summed E-state index contributed by atoms with van der Waals surface area (Å²) >= 11 is 0.